The molecule has 2 aromatic rings. The first kappa shape index (κ1) is 31.4. The average molecular weight is 580 g/mol. The Balaban J connectivity index is 1.74. The molecule has 12 nitrogen and oxygen atoms in total. The summed E-state index contributed by atoms with van der Waals surface area (Å²) in [4.78, 5) is 44.4. The maximum Gasteiger partial charge on any atom is 0.408 e. The number of ether oxygens (including phenoxy) is 2. The van der Waals surface area contributed by atoms with E-state index < -0.39 is 46.1 Å². The molecule has 222 valence electrons. The van der Waals surface area contributed by atoms with Crippen molar-refractivity contribution >= 4 is 39.6 Å². The van der Waals surface area contributed by atoms with Gasteiger partial charge in [-0.15, -0.1) is 10.8 Å². The number of aromatic nitrogens is 1. The molecule has 0 radical (unpaired) electrons. The van der Waals surface area contributed by atoms with Crippen LogP contribution in [0.5, 0.6) is 0 Å². The lowest BCUT2D eigenvalue weighted by molar-refractivity contribution is -0.133. The van der Waals surface area contributed by atoms with E-state index in [1.807, 2.05) is 6.07 Å². The number of rotatable bonds is 6. The van der Waals surface area contributed by atoms with Crippen LogP contribution >= 0.6 is 10.8 Å². The molecule has 4 N–H and O–H groups in total. The third-order valence-corrected chi connectivity index (χ3v) is 7.93. The molecule has 3 amide bonds. The van der Waals surface area contributed by atoms with Crippen LogP contribution in [0, 0.1) is 0 Å². The van der Waals surface area contributed by atoms with Crippen LogP contribution in [0.15, 0.2) is 41.6 Å². The summed E-state index contributed by atoms with van der Waals surface area (Å²) >= 11 is 0. The normalized spacial score (nSPS) is 16.6. The zero-order chi connectivity index (χ0) is 29.7. The Hall–Kier alpha value is -3.13. The fourth-order valence-corrected chi connectivity index (χ4v) is 5.95. The van der Waals surface area contributed by atoms with Gasteiger partial charge in [0.05, 0.1) is 11.4 Å². The molecule has 1 saturated heterocycles. The zero-order valence-corrected chi connectivity index (χ0v) is 24.8. The summed E-state index contributed by atoms with van der Waals surface area (Å²) < 4.78 is 34.8. The van der Waals surface area contributed by atoms with E-state index in [1.54, 1.807) is 81.3 Å². The van der Waals surface area contributed by atoms with E-state index in [0.717, 1.165) is 5.39 Å². The lowest BCUT2D eigenvalue weighted by Crippen LogP contribution is -2.55. The molecule has 1 aliphatic heterocycles. The largest absolute Gasteiger partial charge is 0.444 e. The molecule has 1 aromatic carbocycles. The van der Waals surface area contributed by atoms with Crippen LogP contribution < -0.4 is 10.6 Å². The summed E-state index contributed by atoms with van der Waals surface area (Å²) in [5, 5.41) is 6.60. The van der Waals surface area contributed by atoms with Crippen molar-refractivity contribution in [3.8, 4) is 0 Å². The number of amides is 3. The van der Waals surface area contributed by atoms with E-state index >= 15 is 0 Å². The first-order chi connectivity index (χ1) is 18.6. The summed E-state index contributed by atoms with van der Waals surface area (Å²) in [6, 6.07) is 5.92. The van der Waals surface area contributed by atoms with Crippen molar-refractivity contribution in [2.24, 2.45) is 0 Å². The van der Waals surface area contributed by atoms with Crippen LogP contribution in [-0.4, -0.2) is 91.4 Å². The average Bonchev–Trinajstić information content (AvgIpc) is 3.10. The molecule has 1 atom stereocenters. The fraction of sp³-hybridized carbons (Fsp3) is 0.556. The van der Waals surface area contributed by atoms with E-state index in [-0.39, 0.29) is 19.6 Å². The highest BCUT2D eigenvalue weighted by molar-refractivity contribution is 8.22. The van der Waals surface area contributed by atoms with Gasteiger partial charge < -0.3 is 25.0 Å². The van der Waals surface area contributed by atoms with E-state index in [9.17, 15) is 23.5 Å². The Kier molecular flexibility index (Phi) is 9.88. The standard InChI is InChI=1S/C27H41N5O7S/c1-26(2,3)38-24(34)29-18-21(30-25(35)39-27(4,5)6)23(33)31-13-8-14-32(16-15-31)40(36,37)22-10-7-9-19-17-28-12-11-20(19)22/h7,9-12,17,21,36-37H,8,13-16,18H2,1-6H3,(H,29,34)(H,30,35)/t21-/m0/s1. The molecule has 0 saturated carbocycles. The molecule has 1 aromatic heterocycles. The number of fused-ring (bicyclic) bond motifs is 1. The molecule has 3 rings (SSSR count). The molecular formula is C27H41N5O7S. The second-order valence-corrected chi connectivity index (χ2v) is 13.6. The van der Waals surface area contributed by atoms with Gasteiger partial charge in [-0.3, -0.25) is 18.9 Å². The Morgan fingerprint density at radius 2 is 1.65 bits per heavy atom. The number of alkyl carbamates (subject to hydrolysis) is 2. The molecule has 1 fully saturated rings. The minimum absolute atomic E-state index is 0.181. The smallest absolute Gasteiger partial charge is 0.408 e. The van der Waals surface area contributed by atoms with Crippen molar-refractivity contribution in [1.29, 1.82) is 0 Å². The number of benzene rings is 1. The van der Waals surface area contributed by atoms with Crippen molar-refractivity contribution in [2.75, 3.05) is 32.7 Å². The minimum Gasteiger partial charge on any atom is -0.444 e. The van der Waals surface area contributed by atoms with Crippen LogP contribution in [0.2, 0.25) is 0 Å². The third-order valence-electron chi connectivity index (χ3n) is 5.90. The van der Waals surface area contributed by atoms with Crippen LogP contribution in [0.3, 0.4) is 0 Å². The number of nitrogens with one attached hydrogen (secondary N) is 2. The Morgan fingerprint density at radius 3 is 2.33 bits per heavy atom. The van der Waals surface area contributed by atoms with Gasteiger partial charge in [-0.2, -0.15) is 0 Å². The predicted octanol–water partition coefficient (Wildman–Crippen LogP) is 4.21. The molecule has 13 heteroatoms. The predicted molar refractivity (Wildman–Crippen MR) is 153 cm³/mol. The molecular weight excluding hydrogens is 538 g/mol. The van der Waals surface area contributed by atoms with Crippen molar-refractivity contribution in [3.63, 3.8) is 0 Å². The fourth-order valence-electron chi connectivity index (χ4n) is 4.21. The van der Waals surface area contributed by atoms with Gasteiger partial charge in [0.1, 0.15) is 17.2 Å². The number of pyridine rings is 1. The van der Waals surface area contributed by atoms with E-state index in [1.165, 1.54) is 0 Å². The molecule has 0 spiro atoms. The van der Waals surface area contributed by atoms with Crippen molar-refractivity contribution < 1.29 is 33.0 Å². The number of hydrogen-bond donors (Lipinski definition) is 4. The second kappa shape index (κ2) is 12.6. The highest BCUT2D eigenvalue weighted by Gasteiger charge is 2.33. The maximum atomic E-state index is 13.6. The lowest BCUT2D eigenvalue weighted by Gasteiger charge is -2.43. The third kappa shape index (κ3) is 8.68. The Labute approximate surface area is 236 Å². The Bertz CT molecular complexity index is 1210. The minimum atomic E-state index is -3.36. The number of carbonyl (C=O) groups is 3. The molecule has 40 heavy (non-hydrogen) atoms. The molecule has 0 aliphatic carbocycles. The summed E-state index contributed by atoms with van der Waals surface area (Å²) in [5.74, 6) is -0.434. The summed E-state index contributed by atoms with van der Waals surface area (Å²) in [5.41, 5.74) is -1.52. The SMILES string of the molecule is CC(C)(C)OC(=O)NC[C@H](NC(=O)OC(C)(C)C)C(=O)N1CCCN(S(O)(O)c2cccc3cnccc23)CC1. The van der Waals surface area contributed by atoms with Crippen LogP contribution in [-0.2, 0) is 14.3 Å². The van der Waals surface area contributed by atoms with Gasteiger partial charge in [-0.05, 0) is 60.1 Å². The van der Waals surface area contributed by atoms with Gasteiger partial charge in [-0.1, -0.05) is 12.1 Å². The first-order valence-electron chi connectivity index (χ1n) is 13.2. The monoisotopic (exact) mass is 579 g/mol. The molecule has 1 aliphatic rings. The highest BCUT2D eigenvalue weighted by Crippen LogP contribution is 2.54. The summed E-state index contributed by atoms with van der Waals surface area (Å²) in [6.45, 7) is 11.1. The van der Waals surface area contributed by atoms with Crippen molar-refractivity contribution in [1.82, 2.24) is 24.8 Å². The van der Waals surface area contributed by atoms with Gasteiger partial charge in [0, 0.05) is 49.3 Å². The molecule has 2 heterocycles. The quantitative estimate of drug-likeness (QED) is 0.394. The number of hydrogen-bond acceptors (Lipinski definition) is 9. The van der Waals surface area contributed by atoms with E-state index in [4.69, 9.17) is 9.47 Å². The van der Waals surface area contributed by atoms with Gasteiger partial charge in [-0.25, -0.2) is 13.9 Å². The lowest BCUT2D eigenvalue weighted by atomic mass is 10.2. The molecule has 0 bridgehead atoms. The first-order valence-corrected chi connectivity index (χ1v) is 14.7. The summed E-state index contributed by atoms with van der Waals surface area (Å²) in [6.07, 6.45) is 2.21. The van der Waals surface area contributed by atoms with Crippen LogP contribution in [0.25, 0.3) is 10.8 Å². The number of nitrogens with zero attached hydrogens (tertiary/aromatic N) is 3. The number of carbonyl (C=O) groups excluding carboxylic acids is 3. The topological polar surface area (TPSA) is 154 Å². The van der Waals surface area contributed by atoms with E-state index in [0.29, 0.717) is 29.8 Å². The second-order valence-electron chi connectivity index (χ2n) is 11.6. The zero-order valence-electron chi connectivity index (χ0n) is 24.0. The van der Waals surface area contributed by atoms with Crippen molar-refractivity contribution in [3.05, 3.63) is 36.7 Å². The maximum absolute atomic E-state index is 13.6. The van der Waals surface area contributed by atoms with Gasteiger partial charge in [0.2, 0.25) is 5.91 Å². The highest BCUT2D eigenvalue weighted by atomic mass is 32.3. The van der Waals surface area contributed by atoms with E-state index in [2.05, 4.69) is 15.6 Å². The Morgan fingerprint density at radius 1 is 0.975 bits per heavy atom. The van der Waals surface area contributed by atoms with Gasteiger partial charge in [0.25, 0.3) is 0 Å². The molecule has 0 unspecified atom stereocenters. The van der Waals surface area contributed by atoms with Crippen LogP contribution in [0.1, 0.15) is 48.0 Å². The van der Waals surface area contributed by atoms with Crippen LogP contribution in [0.4, 0.5) is 9.59 Å². The van der Waals surface area contributed by atoms with Gasteiger partial charge >= 0.3 is 12.2 Å². The van der Waals surface area contributed by atoms with Gasteiger partial charge in [0.15, 0.2) is 0 Å². The van der Waals surface area contributed by atoms with Crippen molar-refractivity contribution in [2.45, 2.75) is 70.1 Å². The summed E-state index contributed by atoms with van der Waals surface area (Å²) in [7, 11) is -3.36.